The standard InChI is InChI=1S/C17H23N3O3/c1-17(2,3)23-16(21)20-10-6-7-12(11-20)18-15-19-13-8-4-5-9-14(13)22-15/h4-5,8-9,12H,6-7,10-11H2,1-3H3,(H,18,19)/t12-/m1/s1. The smallest absolute Gasteiger partial charge is 0.410 e. The van der Waals surface area contributed by atoms with Gasteiger partial charge in [-0.1, -0.05) is 12.1 Å². The lowest BCUT2D eigenvalue weighted by Gasteiger charge is -2.34. The molecule has 1 N–H and O–H groups in total. The van der Waals surface area contributed by atoms with Crippen molar-refractivity contribution in [2.24, 2.45) is 0 Å². The molecule has 1 fully saturated rings. The molecule has 3 rings (SSSR count). The van der Waals surface area contributed by atoms with Gasteiger partial charge in [0.15, 0.2) is 5.58 Å². The third-order valence-corrected chi connectivity index (χ3v) is 3.69. The second-order valence-electron chi connectivity index (χ2n) is 6.90. The molecule has 0 saturated carbocycles. The minimum Gasteiger partial charge on any atom is -0.444 e. The first-order chi connectivity index (χ1) is 10.9. The number of hydrogen-bond acceptors (Lipinski definition) is 5. The number of ether oxygens (including phenoxy) is 1. The molecular weight excluding hydrogens is 294 g/mol. The number of fused-ring (bicyclic) bond motifs is 1. The number of hydrogen-bond donors (Lipinski definition) is 1. The predicted octanol–water partition coefficient (Wildman–Crippen LogP) is 3.64. The number of carbonyl (C=O) groups excluding carboxylic acids is 1. The highest BCUT2D eigenvalue weighted by Crippen LogP contribution is 2.22. The van der Waals surface area contributed by atoms with Crippen molar-refractivity contribution in [3.8, 4) is 0 Å². The number of nitrogens with one attached hydrogen (secondary N) is 1. The average molecular weight is 317 g/mol. The van der Waals surface area contributed by atoms with Crippen molar-refractivity contribution in [1.82, 2.24) is 9.88 Å². The van der Waals surface area contributed by atoms with Gasteiger partial charge in [-0.25, -0.2) is 4.79 Å². The van der Waals surface area contributed by atoms with Crippen LogP contribution in [0.1, 0.15) is 33.6 Å². The molecule has 0 spiro atoms. The third kappa shape index (κ3) is 3.94. The van der Waals surface area contributed by atoms with E-state index < -0.39 is 5.60 Å². The van der Waals surface area contributed by atoms with Gasteiger partial charge in [-0.2, -0.15) is 4.98 Å². The number of piperidine rings is 1. The maximum Gasteiger partial charge on any atom is 0.410 e. The van der Waals surface area contributed by atoms with Crippen LogP contribution in [0.2, 0.25) is 0 Å². The molecule has 0 aliphatic carbocycles. The van der Waals surface area contributed by atoms with Crippen LogP contribution in [0.3, 0.4) is 0 Å². The van der Waals surface area contributed by atoms with Gasteiger partial charge in [0.2, 0.25) is 0 Å². The summed E-state index contributed by atoms with van der Waals surface area (Å²) in [4.78, 5) is 18.4. The van der Waals surface area contributed by atoms with Crippen LogP contribution in [0.5, 0.6) is 0 Å². The highest BCUT2D eigenvalue weighted by atomic mass is 16.6. The van der Waals surface area contributed by atoms with Crippen molar-refractivity contribution < 1.29 is 13.9 Å². The van der Waals surface area contributed by atoms with E-state index in [1.54, 1.807) is 4.90 Å². The Kier molecular flexibility index (Phi) is 4.15. The summed E-state index contributed by atoms with van der Waals surface area (Å²) in [7, 11) is 0. The quantitative estimate of drug-likeness (QED) is 0.916. The van der Waals surface area contributed by atoms with Gasteiger partial charge >= 0.3 is 6.09 Å². The number of nitrogens with zero attached hydrogens (tertiary/aromatic N) is 2. The normalized spacial score (nSPS) is 18.9. The van der Waals surface area contributed by atoms with E-state index in [9.17, 15) is 4.79 Å². The van der Waals surface area contributed by atoms with Crippen LogP contribution in [-0.2, 0) is 4.74 Å². The van der Waals surface area contributed by atoms with Gasteiger partial charge in [-0.05, 0) is 45.7 Å². The second-order valence-corrected chi connectivity index (χ2v) is 6.90. The molecule has 124 valence electrons. The number of aromatic nitrogens is 1. The summed E-state index contributed by atoms with van der Waals surface area (Å²) < 4.78 is 11.1. The number of para-hydroxylation sites is 2. The van der Waals surface area contributed by atoms with Crippen molar-refractivity contribution in [3.05, 3.63) is 24.3 Å². The second kappa shape index (κ2) is 6.10. The van der Waals surface area contributed by atoms with Gasteiger partial charge in [0.1, 0.15) is 11.1 Å². The Morgan fingerprint density at radius 3 is 2.91 bits per heavy atom. The van der Waals surface area contributed by atoms with E-state index in [2.05, 4.69) is 10.3 Å². The fraction of sp³-hybridized carbons (Fsp3) is 0.529. The minimum atomic E-state index is -0.474. The van der Waals surface area contributed by atoms with Gasteiger partial charge in [0.05, 0.1) is 0 Å². The van der Waals surface area contributed by atoms with Crippen LogP contribution in [-0.4, -0.2) is 40.7 Å². The molecule has 6 nitrogen and oxygen atoms in total. The molecule has 2 heterocycles. The molecule has 1 saturated heterocycles. The Hall–Kier alpha value is -2.24. The first kappa shape index (κ1) is 15.6. The molecule has 0 radical (unpaired) electrons. The maximum atomic E-state index is 12.2. The third-order valence-electron chi connectivity index (χ3n) is 3.69. The number of oxazole rings is 1. The topological polar surface area (TPSA) is 67.6 Å². The summed E-state index contributed by atoms with van der Waals surface area (Å²) >= 11 is 0. The molecule has 6 heteroatoms. The van der Waals surface area contributed by atoms with Crippen LogP contribution in [0.4, 0.5) is 10.8 Å². The highest BCUT2D eigenvalue weighted by Gasteiger charge is 2.28. The van der Waals surface area contributed by atoms with Gasteiger partial charge in [0, 0.05) is 19.1 Å². The molecule has 1 aliphatic heterocycles. The Morgan fingerprint density at radius 1 is 1.39 bits per heavy atom. The average Bonchev–Trinajstić information content (AvgIpc) is 2.88. The van der Waals surface area contributed by atoms with E-state index in [0.717, 1.165) is 30.5 Å². The fourth-order valence-electron chi connectivity index (χ4n) is 2.70. The zero-order valence-electron chi connectivity index (χ0n) is 13.8. The number of benzene rings is 1. The molecule has 1 aliphatic rings. The van der Waals surface area contributed by atoms with Crippen molar-refractivity contribution in [1.29, 1.82) is 0 Å². The van der Waals surface area contributed by atoms with Gasteiger partial charge < -0.3 is 19.4 Å². The molecule has 1 aromatic carbocycles. The lowest BCUT2D eigenvalue weighted by atomic mass is 10.1. The fourth-order valence-corrected chi connectivity index (χ4v) is 2.70. The van der Waals surface area contributed by atoms with Crippen LogP contribution in [0, 0.1) is 0 Å². The number of likely N-dealkylation sites (tertiary alicyclic amines) is 1. The summed E-state index contributed by atoms with van der Waals surface area (Å²) in [5, 5.41) is 3.29. The molecule has 0 unspecified atom stereocenters. The lowest BCUT2D eigenvalue weighted by Crippen LogP contribution is -2.47. The predicted molar refractivity (Wildman–Crippen MR) is 88.5 cm³/mol. The molecule has 1 aromatic heterocycles. The van der Waals surface area contributed by atoms with Crippen molar-refractivity contribution in [2.45, 2.75) is 45.3 Å². The lowest BCUT2D eigenvalue weighted by molar-refractivity contribution is 0.0205. The molecular formula is C17H23N3O3. The SMILES string of the molecule is CC(C)(C)OC(=O)N1CCC[C@@H](Nc2nc3ccccc3o2)C1. The number of amides is 1. The summed E-state index contributed by atoms with van der Waals surface area (Å²) in [6, 6.07) is 8.27. The van der Waals surface area contributed by atoms with Crippen LogP contribution in [0.25, 0.3) is 11.1 Å². The largest absolute Gasteiger partial charge is 0.444 e. The summed E-state index contributed by atoms with van der Waals surface area (Å²) in [5.74, 6) is 0. The summed E-state index contributed by atoms with van der Waals surface area (Å²) in [6.07, 6.45) is 1.64. The molecule has 1 atom stereocenters. The number of anilines is 1. The molecule has 1 amide bonds. The van der Waals surface area contributed by atoms with E-state index >= 15 is 0 Å². The van der Waals surface area contributed by atoms with Crippen molar-refractivity contribution >= 4 is 23.2 Å². The zero-order valence-corrected chi connectivity index (χ0v) is 13.8. The van der Waals surface area contributed by atoms with Crippen LogP contribution in [0.15, 0.2) is 28.7 Å². The van der Waals surface area contributed by atoms with Crippen molar-refractivity contribution in [2.75, 3.05) is 18.4 Å². The zero-order chi connectivity index (χ0) is 16.4. The maximum absolute atomic E-state index is 12.2. The highest BCUT2D eigenvalue weighted by molar-refractivity contribution is 5.74. The van der Waals surface area contributed by atoms with Crippen molar-refractivity contribution in [3.63, 3.8) is 0 Å². The Morgan fingerprint density at radius 2 is 2.17 bits per heavy atom. The Bertz CT molecular complexity index is 657. The first-order valence-corrected chi connectivity index (χ1v) is 8.01. The molecule has 2 aromatic rings. The Labute approximate surface area is 135 Å². The summed E-state index contributed by atoms with van der Waals surface area (Å²) in [5.41, 5.74) is 1.11. The van der Waals surface area contributed by atoms with E-state index in [4.69, 9.17) is 9.15 Å². The molecule has 23 heavy (non-hydrogen) atoms. The van der Waals surface area contributed by atoms with Gasteiger partial charge in [-0.15, -0.1) is 0 Å². The van der Waals surface area contributed by atoms with Gasteiger partial charge in [-0.3, -0.25) is 0 Å². The van der Waals surface area contributed by atoms with E-state index in [0.29, 0.717) is 12.6 Å². The monoisotopic (exact) mass is 317 g/mol. The summed E-state index contributed by atoms with van der Waals surface area (Å²) in [6.45, 7) is 6.95. The van der Waals surface area contributed by atoms with E-state index in [1.165, 1.54) is 0 Å². The molecule has 0 bridgehead atoms. The number of rotatable bonds is 2. The van der Waals surface area contributed by atoms with E-state index in [1.807, 2.05) is 45.0 Å². The number of carbonyl (C=O) groups is 1. The Balaban J connectivity index is 1.63. The minimum absolute atomic E-state index is 0.115. The van der Waals surface area contributed by atoms with Crippen LogP contribution >= 0.6 is 0 Å². The van der Waals surface area contributed by atoms with Crippen LogP contribution < -0.4 is 5.32 Å². The first-order valence-electron chi connectivity index (χ1n) is 8.01. The van der Waals surface area contributed by atoms with Gasteiger partial charge in [0.25, 0.3) is 6.01 Å². The van der Waals surface area contributed by atoms with E-state index in [-0.39, 0.29) is 12.1 Å².